The van der Waals surface area contributed by atoms with E-state index in [1.165, 1.54) is 29.0 Å². The average Bonchev–Trinajstić information content (AvgIpc) is 2.70. The Morgan fingerprint density at radius 3 is 2.94 bits per heavy atom. The molecule has 0 fully saturated rings. The maximum atomic E-state index is 12.8. The number of benzene rings is 1. The van der Waals surface area contributed by atoms with E-state index in [1.54, 1.807) is 0 Å². The molecule has 0 saturated carbocycles. The lowest BCUT2D eigenvalue weighted by molar-refractivity contribution is 0.102. The number of aromatic nitrogens is 2. The van der Waals surface area contributed by atoms with Crippen LogP contribution in [-0.2, 0) is 0 Å². The molecule has 0 spiro atoms. The van der Waals surface area contributed by atoms with Crippen LogP contribution >= 0.6 is 11.3 Å². The Kier molecular flexibility index (Phi) is 2.78. The molecule has 0 aliphatic rings. The second kappa shape index (κ2) is 4.23. The van der Waals surface area contributed by atoms with Crippen LogP contribution in [0, 0.1) is 5.82 Å². The number of hydrogen-bond donors (Lipinski definition) is 2. The van der Waals surface area contributed by atoms with Gasteiger partial charge in [-0.3, -0.25) is 10.1 Å². The van der Waals surface area contributed by atoms with E-state index in [0.29, 0.717) is 5.13 Å². The number of rotatable bonds is 2. The van der Waals surface area contributed by atoms with E-state index in [-0.39, 0.29) is 11.3 Å². The van der Waals surface area contributed by atoms with Gasteiger partial charge in [0.05, 0.1) is 5.56 Å². The van der Waals surface area contributed by atoms with E-state index < -0.39 is 11.7 Å². The molecular formula is C9H7FN4OS. The van der Waals surface area contributed by atoms with Crippen LogP contribution < -0.4 is 11.1 Å². The predicted molar refractivity (Wildman–Crippen MR) is 58.7 cm³/mol. The van der Waals surface area contributed by atoms with Crippen LogP contribution in [0.15, 0.2) is 23.7 Å². The van der Waals surface area contributed by atoms with Crippen molar-refractivity contribution in [1.29, 1.82) is 0 Å². The van der Waals surface area contributed by atoms with Gasteiger partial charge in [-0.25, -0.2) is 4.39 Å². The van der Waals surface area contributed by atoms with E-state index >= 15 is 0 Å². The highest BCUT2D eigenvalue weighted by molar-refractivity contribution is 7.13. The van der Waals surface area contributed by atoms with E-state index in [9.17, 15) is 9.18 Å². The number of hydrogen-bond acceptors (Lipinski definition) is 5. The third kappa shape index (κ3) is 2.14. The summed E-state index contributed by atoms with van der Waals surface area (Å²) in [4.78, 5) is 11.7. The molecule has 0 bridgehead atoms. The number of nitrogens with one attached hydrogen (secondary N) is 1. The first-order chi connectivity index (χ1) is 7.66. The third-order valence-corrected chi connectivity index (χ3v) is 2.45. The zero-order chi connectivity index (χ0) is 11.5. The van der Waals surface area contributed by atoms with Gasteiger partial charge in [0.1, 0.15) is 11.3 Å². The van der Waals surface area contributed by atoms with Crippen molar-refractivity contribution in [3.8, 4) is 0 Å². The molecule has 5 nitrogen and oxygen atoms in total. The molecule has 0 atom stereocenters. The van der Waals surface area contributed by atoms with Crippen molar-refractivity contribution >= 4 is 28.1 Å². The van der Waals surface area contributed by atoms with E-state index in [0.717, 1.165) is 6.07 Å². The lowest BCUT2D eigenvalue weighted by Crippen LogP contribution is -2.14. The largest absolute Gasteiger partial charge is 0.398 e. The fraction of sp³-hybridized carbons (Fsp3) is 0. The molecule has 1 aromatic carbocycles. The minimum absolute atomic E-state index is 0.0852. The van der Waals surface area contributed by atoms with Gasteiger partial charge in [0, 0.05) is 5.69 Å². The smallest absolute Gasteiger partial charge is 0.259 e. The Morgan fingerprint density at radius 1 is 1.50 bits per heavy atom. The predicted octanol–water partition coefficient (Wildman–Crippen LogP) is 1.51. The fourth-order valence-electron chi connectivity index (χ4n) is 1.13. The first-order valence-electron chi connectivity index (χ1n) is 4.29. The van der Waals surface area contributed by atoms with Gasteiger partial charge in [-0.15, -0.1) is 10.2 Å². The van der Waals surface area contributed by atoms with Crippen molar-refractivity contribution in [2.75, 3.05) is 11.1 Å². The van der Waals surface area contributed by atoms with Crippen molar-refractivity contribution in [3.05, 3.63) is 35.1 Å². The van der Waals surface area contributed by atoms with Crippen molar-refractivity contribution in [2.45, 2.75) is 0 Å². The first kappa shape index (κ1) is 10.5. The lowest BCUT2D eigenvalue weighted by Gasteiger charge is -2.04. The summed E-state index contributed by atoms with van der Waals surface area (Å²) in [5.74, 6) is -0.917. The molecule has 0 unspecified atom stereocenters. The van der Waals surface area contributed by atoms with Crippen LogP contribution in [0.25, 0.3) is 0 Å². The lowest BCUT2D eigenvalue weighted by atomic mass is 10.1. The van der Waals surface area contributed by atoms with Crippen LogP contribution in [0.5, 0.6) is 0 Å². The van der Waals surface area contributed by atoms with Crippen molar-refractivity contribution in [2.24, 2.45) is 0 Å². The SMILES string of the molecule is Nc1cc(F)ccc1C(=O)Nc1nncs1. The Morgan fingerprint density at radius 2 is 2.31 bits per heavy atom. The molecule has 0 aliphatic heterocycles. The quantitative estimate of drug-likeness (QED) is 0.777. The summed E-state index contributed by atoms with van der Waals surface area (Å²) >= 11 is 1.19. The summed E-state index contributed by atoms with van der Waals surface area (Å²) in [6.07, 6.45) is 0. The topological polar surface area (TPSA) is 80.9 Å². The van der Waals surface area contributed by atoms with Crippen LogP contribution in [0.4, 0.5) is 15.2 Å². The number of carbonyl (C=O) groups excluding carboxylic acids is 1. The zero-order valence-corrected chi connectivity index (χ0v) is 8.79. The normalized spacial score (nSPS) is 10.1. The van der Waals surface area contributed by atoms with Crippen molar-refractivity contribution in [3.63, 3.8) is 0 Å². The third-order valence-electron chi connectivity index (χ3n) is 1.84. The van der Waals surface area contributed by atoms with Gasteiger partial charge >= 0.3 is 0 Å². The number of nitrogens with zero attached hydrogens (tertiary/aromatic N) is 2. The van der Waals surface area contributed by atoms with Gasteiger partial charge in [-0.05, 0) is 18.2 Å². The Hall–Kier alpha value is -2.02. The molecule has 2 aromatic rings. The first-order valence-corrected chi connectivity index (χ1v) is 5.17. The summed E-state index contributed by atoms with van der Waals surface area (Å²) in [6.45, 7) is 0. The van der Waals surface area contributed by atoms with Gasteiger partial charge in [0.15, 0.2) is 0 Å². The van der Waals surface area contributed by atoms with Crippen molar-refractivity contribution < 1.29 is 9.18 Å². The van der Waals surface area contributed by atoms with E-state index in [1.807, 2.05) is 0 Å². The summed E-state index contributed by atoms with van der Waals surface area (Å²) in [7, 11) is 0. The molecule has 0 radical (unpaired) electrons. The molecule has 1 amide bonds. The van der Waals surface area contributed by atoms with Crippen LogP contribution in [-0.4, -0.2) is 16.1 Å². The highest BCUT2D eigenvalue weighted by atomic mass is 32.1. The summed E-state index contributed by atoms with van der Waals surface area (Å²) in [5, 5.41) is 10.1. The zero-order valence-electron chi connectivity index (χ0n) is 7.98. The second-order valence-electron chi connectivity index (χ2n) is 2.93. The molecule has 16 heavy (non-hydrogen) atoms. The van der Waals surface area contributed by atoms with Gasteiger partial charge in [0.2, 0.25) is 5.13 Å². The summed E-state index contributed by atoms with van der Waals surface area (Å²) < 4.78 is 12.8. The van der Waals surface area contributed by atoms with Gasteiger partial charge in [-0.1, -0.05) is 11.3 Å². The number of amides is 1. The van der Waals surface area contributed by atoms with Gasteiger partial charge < -0.3 is 5.73 Å². The van der Waals surface area contributed by atoms with Crippen molar-refractivity contribution in [1.82, 2.24) is 10.2 Å². The standard InChI is InChI=1S/C9H7FN4OS/c10-5-1-2-6(7(11)3-5)8(15)13-9-14-12-4-16-9/h1-4H,11H2,(H,13,14,15). The minimum Gasteiger partial charge on any atom is -0.398 e. The number of anilines is 2. The molecule has 0 saturated heterocycles. The maximum absolute atomic E-state index is 12.8. The molecule has 0 aliphatic carbocycles. The number of halogens is 1. The van der Waals surface area contributed by atoms with E-state index in [2.05, 4.69) is 15.5 Å². The fourth-order valence-corrected chi connectivity index (χ4v) is 1.57. The maximum Gasteiger partial charge on any atom is 0.259 e. The highest BCUT2D eigenvalue weighted by Crippen LogP contribution is 2.16. The number of nitrogen functional groups attached to an aromatic ring is 1. The average molecular weight is 238 g/mol. The Labute approximate surface area is 94.1 Å². The Balaban J connectivity index is 2.21. The highest BCUT2D eigenvalue weighted by Gasteiger charge is 2.11. The van der Waals surface area contributed by atoms with Gasteiger partial charge in [0.25, 0.3) is 5.91 Å². The second-order valence-corrected chi connectivity index (χ2v) is 3.76. The molecule has 3 N–H and O–H groups in total. The minimum atomic E-state index is -0.482. The van der Waals surface area contributed by atoms with Crippen LogP contribution in [0.2, 0.25) is 0 Å². The number of nitrogens with two attached hydrogens (primary N) is 1. The molecule has 82 valence electrons. The van der Waals surface area contributed by atoms with Crippen LogP contribution in [0.3, 0.4) is 0 Å². The molecular weight excluding hydrogens is 231 g/mol. The van der Waals surface area contributed by atoms with Crippen LogP contribution in [0.1, 0.15) is 10.4 Å². The summed E-state index contributed by atoms with van der Waals surface area (Å²) in [6, 6.07) is 3.58. The summed E-state index contributed by atoms with van der Waals surface area (Å²) in [5.41, 5.74) is 7.30. The molecule has 7 heteroatoms. The molecule has 1 aromatic heterocycles. The van der Waals surface area contributed by atoms with E-state index in [4.69, 9.17) is 5.73 Å². The Bertz CT molecular complexity index is 514. The molecule has 2 rings (SSSR count). The molecule has 1 heterocycles. The monoisotopic (exact) mass is 238 g/mol. The van der Waals surface area contributed by atoms with Gasteiger partial charge in [-0.2, -0.15) is 0 Å². The number of carbonyl (C=O) groups is 1.